The van der Waals surface area contributed by atoms with E-state index in [1.165, 1.54) is 0 Å². The van der Waals surface area contributed by atoms with E-state index in [1.54, 1.807) is 18.5 Å². The van der Waals surface area contributed by atoms with Crippen LogP contribution >= 0.6 is 11.8 Å². The van der Waals surface area contributed by atoms with E-state index in [-0.39, 0.29) is 11.9 Å². The van der Waals surface area contributed by atoms with Gasteiger partial charge in [0, 0.05) is 43.8 Å². The number of anilines is 2. The standard InChI is InChI=1S/C20H22N6OS/c21-12-15-1-3-16(4-2-15)13-26-6-5-17(20(26)27)24-18-11-19(23-14-22-18)25-7-9-28-10-8-25/h1-4,11,14,17H,5-10,13H2,(H,22,23,24). The molecule has 144 valence electrons. The molecule has 0 bridgehead atoms. The Morgan fingerprint density at radius 3 is 2.71 bits per heavy atom. The average Bonchev–Trinajstić information content (AvgIpc) is 3.09. The first-order chi connectivity index (χ1) is 13.7. The molecule has 0 spiro atoms. The number of benzene rings is 1. The van der Waals surface area contributed by atoms with E-state index in [0.29, 0.717) is 24.5 Å². The van der Waals surface area contributed by atoms with Gasteiger partial charge in [-0.15, -0.1) is 0 Å². The van der Waals surface area contributed by atoms with Gasteiger partial charge in [-0.3, -0.25) is 4.79 Å². The molecule has 1 aromatic carbocycles. The van der Waals surface area contributed by atoms with Gasteiger partial charge in [-0.25, -0.2) is 9.97 Å². The Morgan fingerprint density at radius 1 is 1.18 bits per heavy atom. The summed E-state index contributed by atoms with van der Waals surface area (Å²) in [7, 11) is 0. The molecule has 2 aromatic rings. The summed E-state index contributed by atoms with van der Waals surface area (Å²) >= 11 is 1.96. The number of nitrogens with zero attached hydrogens (tertiary/aromatic N) is 5. The molecule has 1 N–H and O–H groups in total. The van der Waals surface area contributed by atoms with E-state index in [4.69, 9.17) is 5.26 Å². The molecular formula is C20H22N6OS. The van der Waals surface area contributed by atoms with Crippen molar-refractivity contribution in [2.45, 2.75) is 19.0 Å². The topological polar surface area (TPSA) is 85.2 Å². The molecule has 1 atom stereocenters. The van der Waals surface area contributed by atoms with Gasteiger partial charge in [0.25, 0.3) is 0 Å². The third-order valence-corrected chi connectivity index (χ3v) is 6.01. The monoisotopic (exact) mass is 394 g/mol. The first-order valence-corrected chi connectivity index (χ1v) is 10.6. The van der Waals surface area contributed by atoms with Gasteiger partial charge in [0.15, 0.2) is 0 Å². The number of hydrogen-bond donors (Lipinski definition) is 1. The molecule has 1 amide bonds. The highest BCUT2D eigenvalue weighted by Gasteiger charge is 2.31. The van der Waals surface area contributed by atoms with Crippen molar-refractivity contribution >= 4 is 29.3 Å². The quantitative estimate of drug-likeness (QED) is 0.831. The summed E-state index contributed by atoms with van der Waals surface area (Å²) in [5, 5.41) is 12.2. The highest BCUT2D eigenvalue weighted by molar-refractivity contribution is 7.99. The number of aromatic nitrogens is 2. The third kappa shape index (κ3) is 4.20. The minimum atomic E-state index is -0.266. The van der Waals surface area contributed by atoms with Gasteiger partial charge < -0.3 is 15.1 Å². The van der Waals surface area contributed by atoms with Crippen LogP contribution < -0.4 is 10.2 Å². The Kier molecular flexibility index (Phi) is 5.63. The van der Waals surface area contributed by atoms with Crippen molar-refractivity contribution in [2.75, 3.05) is 41.4 Å². The minimum absolute atomic E-state index is 0.0823. The number of likely N-dealkylation sites (tertiary alicyclic amines) is 1. The van der Waals surface area contributed by atoms with Gasteiger partial charge in [0.1, 0.15) is 24.0 Å². The van der Waals surface area contributed by atoms with Crippen LogP contribution in [-0.2, 0) is 11.3 Å². The fourth-order valence-corrected chi connectivity index (χ4v) is 4.41. The summed E-state index contributed by atoms with van der Waals surface area (Å²) in [6, 6.07) is 11.2. The van der Waals surface area contributed by atoms with E-state index in [9.17, 15) is 4.79 Å². The summed E-state index contributed by atoms with van der Waals surface area (Å²) in [5.74, 6) is 3.91. The fraction of sp³-hybridized carbons (Fsp3) is 0.400. The summed E-state index contributed by atoms with van der Waals surface area (Å²) in [6.07, 6.45) is 2.31. The molecule has 2 fully saturated rings. The van der Waals surface area contributed by atoms with Gasteiger partial charge in [0.2, 0.25) is 5.91 Å². The Bertz CT molecular complexity index is 875. The molecule has 4 rings (SSSR count). The second-order valence-corrected chi connectivity index (χ2v) is 8.14. The number of rotatable bonds is 5. The lowest BCUT2D eigenvalue weighted by Crippen LogP contribution is -2.34. The molecule has 1 aromatic heterocycles. The van der Waals surface area contributed by atoms with Gasteiger partial charge >= 0.3 is 0 Å². The molecule has 2 aliphatic heterocycles. The van der Waals surface area contributed by atoms with Crippen LogP contribution in [0.2, 0.25) is 0 Å². The number of carbonyl (C=O) groups is 1. The molecule has 0 aliphatic carbocycles. The fourth-order valence-electron chi connectivity index (χ4n) is 3.50. The molecule has 7 nitrogen and oxygen atoms in total. The molecule has 0 saturated carbocycles. The summed E-state index contributed by atoms with van der Waals surface area (Å²) in [5.41, 5.74) is 1.66. The number of thioether (sulfide) groups is 1. The lowest BCUT2D eigenvalue weighted by molar-refractivity contribution is -0.128. The van der Waals surface area contributed by atoms with E-state index in [1.807, 2.05) is 34.9 Å². The zero-order valence-electron chi connectivity index (χ0n) is 15.5. The summed E-state index contributed by atoms with van der Waals surface area (Å²) in [6.45, 7) is 3.24. The predicted octanol–water partition coefficient (Wildman–Crippen LogP) is 2.11. The van der Waals surface area contributed by atoms with Crippen molar-refractivity contribution in [1.29, 1.82) is 5.26 Å². The lowest BCUT2D eigenvalue weighted by atomic mass is 10.1. The van der Waals surface area contributed by atoms with E-state index in [2.05, 4.69) is 26.3 Å². The van der Waals surface area contributed by atoms with Crippen LogP contribution in [-0.4, -0.2) is 58.0 Å². The average molecular weight is 395 g/mol. The highest BCUT2D eigenvalue weighted by Crippen LogP contribution is 2.22. The SMILES string of the molecule is N#Cc1ccc(CN2CCC(Nc3cc(N4CCSCC4)ncn3)C2=O)cc1. The van der Waals surface area contributed by atoms with Crippen LogP contribution in [0.1, 0.15) is 17.5 Å². The van der Waals surface area contributed by atoms with Crippen molar-refractivity contribution in [2.24, 2.45) is 0 Å². The molecule has 28 heavy (non-hydrogen) atoms. The Balaban J connectivity index is 1.38. The van der Waals surface area contributed by atoms with E-state index in [0.717, 1.165) is 42.4 Å². The molecule has 3 heterocycles. The van der Waals surface area contributed by atoms with Crippen LogP contribution in [0.5, 0.6) is 0 Å². The van der Waals surface area contributed by atoms with Crippen LogP contribution in [0.3, 0.4) is 0 Å². The van der Waals surface area contributed by atoms with Crippen molar-refractivity contribution in [1.82, 2.24) is 14.9 Å². The Hall–Kier alpha value is -2.79. The summed E-state index contributed by atoms with van der Waals surface area (Å²) in [4.78, 5) is 25.6. The third-order valence-electron chi connectivity index (χ3n) is 5.06. The number of nitriles is 1. The molecule has 2 aliphatic rings. The van der Waals surface area contributed by atoms with Crippen molar-refractivity contribution < 1.29 is 4.79 Å². The van der Waals surface area contributed by atoms with Gasteiger partial charge in [-0.1, -0.05) is 12.1 Å². The maximum Gasteiger partial charge on any atom is 0.245 e. The number of amides is 1. The van der Waals surface area contributed by atoms with Gasteiger partial charge in [-0.2, -0.15) is 17.0 Å². The Labute approximate surface area is 168 Å². The molecular weight excluding hydrogens is 372 g/mol. The zero-order chi connectivity index (χ0) is 19.3. The lowest BCUT2D eigenvalue weighted by Gasteiger charge is -2.27. The second-order valence-electron chi connectivity index (χ2n) is 6.91. The number of carbonyl (C=O) groups excluding carboxylic acids is 1. The largest absolute Gasteiger partial charge is 0.358 e. The molecule has 0 radical (unpaired) electrons. The van der Waals surface area contributed by atoms with Gasteiger partial charge in [-0.05, 0) is 24.1 Å². The van der Waals surface area contributed by atoms with Crippen molar-refractivity contribution in [3.63, 3.8) is 0 Å². The maximum absolute atomic E-state index is 12.8. The summed E-state index contributed by atoms with van der Waals surface area (Å²) < 4.78 is 0. The molecule has 2 saturated heterocycles. The van der Waals surface area contributed by atoms with Gasteiger partial charge in [0.05, 0.1) is 11.6 Å². The Morgan fingerprint density at radius 2 is 1.96 bits per heavy atom. The minimum Gasteiger partial charge on any atom is -0.358 e. The highest BCUT2D eigenvalue weighted by atomic mass is 32.2. The smallest absolute Gasteiger partial charge is 0.245 e. The first-order valence-electron chi connectivity index (χ1n) is 9.42. The second kappa shape index (κ2) is 8.48. The number of nitrogens with one attached hydrogen (secondary N) is 1. The van der Waals surface area contributed by atoms with Crippen LogP contribution in [0, 0.1) is 11.3 Å². The molecule has 8 heteroatoms. The van der Waals surface area contributed by atoms with Crippen LogP contribution in [0.15, 0.2) is 36.7 Å². The zero-order valence-corrected chi connectivity index (χ0v) is 16.4. The molecule has 1 unspecified atom stereocenters. The first kappa shape index (κ1) is 18.6. The van der Waals surface area contributed by atoms with Crippen LogP contribution in [0.4, 0.5) is 11.6 Å². The van der Waals surface area contributed by atoms with Crippen molar-refractivity contribution in [3.05, 3.63) is 47.8 Å². The van der Waals surface area contributed by atoms with Crippen molar-refractivity contribution in [3.8, 4) is 6.07 Å². The van der Waals surface area contributed by atoms with E-state index < -0.39 is 0 Å². The van der Waals surface area contributed by atoms with Crippen LogP contribution in [0.25, 0.3) is 0 Å². The maximum atomic E-state index is 12.8. The van der Waals surface area contributed by atoms with E-state index >= 15 is 0 Å². The number of hydrogen-bond acceptors (Lipinski definition) is 7. The normalized spacial score (nSPS) is 19.5. The predicted molar refractivity (Wildman–Crippen MR) is 110 cm³/mol.